The molecule has 0 spiro atoms. The fourth-order valence-corrected chi connectivity index (χ4v) is 2.64. The third-order valence-corrected chi connectivity index (χ3v) is 4.09. The van der Waals surface area contributed by atoms with Crippen molar-refractivity contribution in [3.8, 4) is 0 Å². The molecule has 9 heteroatoms. The second-order valence-corrected chi connectivity index (χ2v) is 7.17. The summed E-state index contributed by atoms with van der Waals surface area (Å²) in [5.74, 6) is -0.182. The number of carbonyl (C=O) groups excluding carboxylic acids is 1. The molecule has 0 saturated carbocycles. The molecule has 1 saturated heterocycles. The molecule has 1 amide bonds. The molecule has 0 unspecified atom stereocenters. The molecule has 2 rings (SSSR count). The van der Waals surface area contributed by atoms with Crippen molar-refractivity contribution in [2.75, 3.05) is 18.1 Å². The van der Waals surface area contributed by atoms with E-state index >= 15 is 0 Å². The smallest absolute Gasteiger partial charge is 0.253 e. The van der Waals surface area contributed by atoms with Crippen molar-refractivity contribution in [2.24, 2.45) is 5.73 Å². The number of hydrogen-bond donors (Lipinski definition) is 3. The number of halogens is 1. The summed E-state index contributed by atoms with van der Waals surface area (Å²) >= 11 is 0. The molecule has 0 bridgehead atoms. The Hall–Kier alpha value is -1.19. The summed E-state index contributed by atoms with van der Waals surface area (Å²) < 4.78 is 30.0. The normalized spacial score (nSPS) is 20.8. The van der Waals surface area contributed by atoms with Crippen molar-refractivity contribution in [3.63, 3.8) is 0 Å². The topological polar surface area (TPSA) is 111 Å². The van der Waals surface area contributed by atoms with E-state index in [1.54, 1.807) is 24.3 Å². The summed E-state index contributed by atoms with van der Waals surface area (Å²) in [5, 5.41) is 2.78. The molecule has 23 heavy (non-hydrogen) atoms. The molecule has 0 radical (unpaired) electrons. The van der Waals surface area contributed by atoms with Gasteiger partial charge >= 0.3 is 0 Å². The zero-order chi connectivity index (χ0) is 16.2. The highest BCUT2D eigenvalue weighted by molar-refractivity contribution is 7.88. The van der Waals surface area contributed by atoms with E-state index in [2.05, 4.69) is 10.0 Å². The summed E-state index contributed by atoms with van der Waals surface area (Å²) in [5.41, 5.74) is 6.97. The highest BCUT2D eigenvalue weighted by Crippen LogP contribution is 2.20. The van der Waals surface area contributed by atoms with Gasteiger partial charge in [-0.05, 0) is 30.5 Å². The van der Waals surface area contributed by atoms with Crippen LogP contribution in [0.1, 0.15) is 18.4 Å². The van der Waals surface area contributed by atoms with E-state index in [1.807, 2.05) is 0 Å². The van der Waals surface area contributed by atoms with E-state index in [1.165, 1.54) is 0 Å². The van der Waals surface area contributed by atoms with Gasteiger partial charge in [-0.1, -0.05) is 12.1 Å². The maximum Gasteiger partial charge on any atom is 0.253 e. The van der Waals surface area contributed by atoms with E-state index in [4.69, 9.17) is 10.5 Å². The number of nitrogens with one attached hydrogen (secondary N) is 2. The number of nitrogens with two attached hydrogens (primary N) is 1. The highest BCUT2D eigenvalue weighted by Gasteiger charge is 2.29. The zero-order valence-electron chi connectivity index (χ0n) is 12.8. The molecule has 0 aliphatic carbocycles. The van der Waals surface area contributed by atoms with Gasteiger partial charge in [-0.3, -0.25) is 4.79 Å². The van der Waals surface area contributed by atoms with Gasteiger partial charge in [0.15, 0.2) is 0 Å². The van der Waals surface area contributed by atoms with Crippen LogP contribution in [0.4, 0.5) is 5.69 Å². The monoisotopic (exact) mass is 363 g/mol. The molecule has 1 aliphatic heterocycles. The highest BCUT2D eigenvalue weighted by atomic mass is 35.5. The van der Waals surface area contributed by atoms with Crippen LogP contribution >= 0.6 is 12.4 Å². The molecular weight excluding hydrogens is 342 g/mol. The number of carbonyl (C=O) groups is 1. The Kier molecular flexibility index (Phi) is 7.43. The van der Waals surface area contributed by atoms with Crippen molar-refractivity contribution in [2.45, 2.75) is 31.6 Å². The third kappa shape index (κ3) is 6.44. The lowest BCUT2D eigenvalue weighted by molar-refractivity contribution is -0.126. The number of rotatable bonds is 6. The summed E-state index contributed by atoms with van der Waals surface area (Å²) in [7, 11) is -3.22. The fraction of sp³-hybridized carbons (Fsp3) is 0.500. The molecule has 130 valence electrons. The molecular formula is C14H22ClN3O4S. The number of anilines is 1. The Morgan fingerprint density at radius 3 is 2.48 bits per heavy atom. The van der Waals surface area contributed by atoms with Crippen molar-refractivity contribution in [1.82, 2.24) is 4.72 Å². The Morgan fingerprint density at radius 2 is 1.96 bits per heavy atom. The number of benzene rings is 1. The first-order valence-corrected chi connectivity index (χ1v) is 8.96. The predicted octanol–water partition coefficient (Wildman–Crippen LogP) is 0.602. The summed E-state index contributed by atoms with van der Waals surface area (Å²) in [6.07, 6.45) is 2.08. The van der Waals surface area contributed by atoms with Crippen LogP contribution in [-0.2, 0) is 26.1 Å². The van der Waals surface area contributed by atoms with Crippen molar-refractivity contribution in [1.29, 1.82) is 0 Å². The van der Waals surface area contributed by atoms with E-state index in [0.29, 0.717) is 18.7 Å². The Morgan fingerprint density at radius 1 is 1.30 bits per heavy atom. The van der Waals surface area contributed by atoms with Crippen LogP contribution in [0.2, 0.25) is 0 Å². The molecule has 1 fully saturated rings. The molecule has 0 aromatic heterocycles. The average molecular weight is 364 g/mol. The van der Waals surface area contributed by atoms with Crippen molar-refractivity contribution in [3.05, 3.63) is 29.8 Å². The minimum absolute atomic E-state index is 0. The SMILES string of the molecule is CS(=O)(=O)NCc1ccc(NC(=O)[C@@H]2CC[C@H](CN)O2)cc1.Cl. The van der Waals surface area contributed by atoms with Crippen LogP contribution in [0, 0.1) is 0 Å². The van der Waals surface area contributed by atoms with Crippen LogP contribution in [0.5, 0.6) is 0 Å². The second kappa shape index (κ2) is 8.60. The Balaban J connectivity index is 0.00000264. The van der Waals surface area contributed by atoms with Crippen LogP contribution in [0.25, 0.3) is 0 Å². The van der Waals surface area contributed by atoms with Gasteiger partial charge in [-0.15, -0.1) is 12.4 Å². The number of sulfonamides is 1. The van der Waals surface area contributed by atoms with E-state index in [9.17, 15) is 13.2 Å². The van der Waals surface area contributed by atoms with Gasteiger partial charge in [0.25, 0.3) is 5.91 Å². The largest absolute Gasteiger partial charge is 0.364 e. The maximum atomic E-state index is 12.0. The first-order valence-electron chi connectivity index (χ1n) is 7.07. The predicted molar refractivity (Wildman–Crippen MR) is 91.0 cm³/mol. The summed E-state index contributed by atoms with van der Waals surface area (Å²) in [6, 6.07) is 6.97. The average Bonchev–Trinajstić information content (AvgIpc) is 2.95. The van der Waals surface area contributed by atoms with Gasteiger partial charge in [-0.2, -0.15) is 0 Å². The minimum atomic E-state index is -3.22. The third-order valence-electron chi connectivity index (χ3n) is 3.42. The molecule has 7 nitrogen and oxygen atoms in total. The van der Waals surface area contributed by atoms with E-state index < -0.39 is 16.1 Å². The summed E-state index contributed by atoms with van der Waals surface area (Å²) in [6.45, 7) is 0.642. The zero-order valence-corrected chi connectivity index (χ0v) is 14.5. The van der Waals surface area contributed by atoms with Gasteiger partial charge < -0.3 is 15.8 Å². The quantitative estimate of drug-likeness (QED) is 0.685. The first kappa shape index (κ1) is 19.9. The summed E-state index contributed by atoms with van der Waals surface area (Å²) in [4.78, 5) is 12.0. The first-order chi connectivity index (χ1) is 10.4. The van der Waals surface area contributed by atoms with Crippen LogP contribution < -0.4 is 15.8 Å². The molecule has 1 aliphatic rings. The number of hydrogen-bond acceptors (Lipinski definition) is 5. The van der Waals surface area contributed by atoms with E-state index in [-0.39, 0.29) is 31.0 Å². The van der Waals surface area contributed by atoms with Crippen molar-refractivity contribution >= 4 is 34.0 Å². The van der Waals surface area contributed by atoms with Crippen LogP contribution in [0.3, 0.4) is 0 Å². The molecule has 1 aromatic rings. The van der Waals surface area contributed by atoms with Crippen LogP contribution in [0.15, 0.2) is 24.3 Å². The van der Waals surface area contributed by atoms with E-state index in [0.717, 1.165) is 18.2 Å². The maximum absolute atomic E-state index is 12.0. The lowest BCUT2D eigenvalue weighted by atomic mass is 10.1. The van der Waals surface area contributed by atoms with Crippen LogP contribution in [-0.4, -0.2) is 39.3 Å². The standard InChI is InChI=1S/C14H21N3O4S.ClH/c1-22(19,20)16-9-10-2-4-11(5-3-10)17-14(18)13-7-6-12(8-15)21-13;/h2-5,12-13,16H,6-9,15H2,1H3,(H,17,18);1H/t12-,13+;/m1./s1. The minimum Gasteiger partial charge on any atom is -0.364 e. The molecule has 1 heterocycles. The Bertz CT molecular complexity index is 621. The second-order valence-electron chi connectivity index (χ2n) is 5.34. The number of ether oxygens (including phenoxy) is 1. The molecule has 1 aromatic carbocycles. The van der Waals surface area contributed by atoms with Gasteiger partial charge in [0.2, 0.25) is 10.0 Å². The van der Waals surface area contributed by atoms with Gasteiger partial charge in [0.1, 0.15) is 6.10 Å². The lowest BCUT2D eigenvalue weighted by Gasteiger charge is -2.13. The fourth-order valence-electron chi connectivity index (χ4n) is 2.22. The van der Waals surface area contributed by atoms with Gasteiger partial charge in [0.05, 0.1) is 12.4 Å². The molecule has 2 atom stereocenters. The number of amides is 1. The molecule has 4 N–H and O–H groups in total. The lowest BCUT2D eigenvalue weighted by Crippen LogP contribution is -2.29. The Labute approximate surface area is 142 Å². The van der Waals surface area contributed by atoms with Gasteiger partial charge in [0, 0.05) is 18.8 Å². The van der Waals surface area contributed by atoms with Crippen molar-refractivity contribution < 1.29 is 17.9 Å². The van der Waals surface area contributed by atoms with Gasteiger partial charge in [-0.25, -0.2) is 13.1 Å².